The van der Waals surface area contributed by atoms with E-state index in [4.69, 9.17) is 0 Å². The van der Waals surface area contributed by atoms with Gasteiger partial charge in [-0.15, -0.1) is 11.8 Å². The van der Waals surface area contributed by atoms with Crippen molar-refractivity contribution >= 4 is 17.7 Å². The zero-order valence-electron chi connectivity index (χ0n) is 11.3. The second-order valence-electron chi connectivity index (χ2n) is 4.76. The van der Waals surface area contributed by atoms with Crippen LogP contribution in [0.1, 0.15) is 18.5 Å². The summed E-state index contributed by atoms with van der Waals surface area (Å²) in [5.41, 5.74) is 1.04. The number of nitrogens with zero attached hydrogens (tertiary/aromatic N) is 2. The van der Waals surface area contributed by atoms with Crippen molar-refractivity contribution in [3.8, 4) is 0 Å². The monoisotopic (exact) mass is 279 g/mol. The van der Waals surface area contributed by atoms with Gasteiger partial charge in [-0.2, -0.15) is 0 Å². The first-order valence-electron chi connectivity index (χ1n) is 6.72. The van der Waals surface area contributed by atoms with E-state index in [-0.39, 0.29) is 5.91 Å². The Bertz CT molecular complexity index is 391. The molecule has 2 heterocycles. The van der Waals surface area contributed by atoms with Crippen molar-refractivity contribution in [3.05, 3.63) is 30.1 Å². The molecule has 0 radical (unpaired) electrons. The zero-order valence-corrected chi connectivity index (χ0v) is 12.2. The molecule has 0 unspecified atom stereocenters. The average Bonchev–Trinajstić information content (AvgIpc) is 2.48. The van der Waals surface area contributed by atoms with Crippen LogP contribution in [0.4, 0.5) is 0 Å². The Morgan fingerprint density at radius 1 is 1.47 bits per heavy atom. The Morgan fingerprint density at radius 2 is 2.26 bits per heavy atom. The third kappa shape index (κ3) is 4.51. The van der Waals surface area contributed by atoms with Gasteiger partial charge in [-0.1, -0.05) is 6.07 Å². The third-order valence-electron chi connectivity index (χ3n) is 3.46. The average molecular weight is 279 g/mol. The van der Waals surface area contributed by atoms with Gasteiger partial charge >= 0.3 is 0 Å². The molecule has 104 valence electrons. The minimum atomic E-state index is 0.260. The number of rotatable bonds is 5. The van der Waals surface area contributed by atoms with E-state index in [2.05, 4.69) is 10.3 Å². The number of hydrogen-bond donors (Lipinski definition) is 1. The van der Waals surface area contributed by atoms with Gasteiger partial charge in [-0.05, 0) is 32.0 Å². The molecule has 0 aromatic carbocycles. The summed E-state index contributed by atoms with van der Waals surface area (Å²) < 4.78 is 0. The van der Waals surface area contributed by atoms with Gasteiger partial charge in [0.2, 0.25) is 5.91 Å². The summed E-state index contributed by atoms with van der Waals surface area (Å²) in [5.74, 6) is 1.62. The number of amides is 1. The van der Waals surface area contributed by atoms with E-state index in [9.17, 15) is 4.79 Å². The molecular weight excluding hydrogens is 258 g/mol. The molecule has 1 aliphatic rings. The number of thioether (sulfide) groups is 1. The molecule has 1 aliphatic heterocycles. The van der Waals surface area contributed by atoms with Gasteiger partial charge in [0, 0.05) is 31.1 Å². The molecule has 1 fully saturated rings. The highest BCUT2D eigenvalue weighted by Gasteiger charge is 2.21. The highest BCUT2D eigenvalue weighted by molar-refractivity contribution is 7.99. The summed E-state index contributed by atoms with van der Waals surface area (Å²) in [4.78, 5) is 18.3. The highest BCUT2D eigenvalue weighted by atomic mass is 32.2. The molecule has 4 nitrogen and oxygen atoms in total. The van der Waals surface area contributed by atoms with Gasteiger partial charge in [0.25, 0.3) is 0 Å². The number of carbonyl (C=O) groups excluding carboxylic acids is 1. The van der Waals surface area contributed by atoms with E-state index < -0.39 is 0 Å². The van der Waals surface area contributed by atoms with Gasteiger partial charge in [0.15, 0.2) is 0 Å². The molecular formula is C14H21N3OS. The predicted molar refractivity (Wildman–Crippen MR) is 79.1 cm³/mol. The second kappa shape index (κ2) is 7.50. The fourth-order valence-corrected chi connectivity index (χ4v) is 3.07. The minimum absolute atomic E-state index is 0.260. The minimum Gasteiger partial charge on any atom is -0.342 e. The van der Waals surface area contributed by atoms with E-state index in [1.165, 1.54) is 0 Å². The van der Waals surface area contributed by atoms with Crippen molar-refractivity contribution in [1.82, 2.24) is 15.2 Å². The first-order chi connectivity index (χ1) is 9.29. The number of pyridine rings is 1. The van der Waals surface area contributed by atoms with Crippen LogP contribution in [0.25, 0.3) is 0 Å². The highest BCUT2D eigenvalue weighted by Crippen LogP contribution is 2.14. The van der Waals surface area contributed by atoms with Crippen LogP contribution in [-0.4, -0.2) is 47.7 Å². The molecule has 1 aromatic rings. The predicted octanol–water partition coefficient (Wildman–Crippen LogP) is 1.53. The summed E-state index contributed by atoms with van der Waals surface area (Å²) in [6.07, 6.45) is 3.92. The van der Waals surface area contributed by atoms with Crippen molar-refractivity contribution in [2.24, 2.45) is 0 Å². The molecule has 0 saturated carbocycles. The van der Waals surface area contributed by atoms with Crippen molar-refractivity contribution in [2.75, 3.05) is 25.9 Å². The Morgan fingerprint density at radius 3 is 2.89 bits per heavy atom. The summed E-state index contributed by atoms with van der Waals surface area (Å²) >= 11 is 1.65. The second-order valence-corrected chi connectivity index (χ2v) is 5.74. The first-order valence-corrected chi connectivity index (χ1v) is 7.87. The van der Waals surface area contributed by atoms with Gasteiger partial charge in [0.1, 0.15) is 0 Å². The van der Waals surface area contributed by atoms with E-state index in [0.717, 1.165) is 37.4 Å². The number of likely N-dealkylation sites (tertiary alicyclic amines) is 1. The number of nitrogens with one attached hydrogen (secondary N) is 1. The van der Waals surface area contributed by atoms with Crippen LogP contribution in [0, 0.1) is 0 Å². The van der Waals surface area contributed by atoms with Gasteiger partial charge in [-0.3, -0.25) is 9.78 Å². The number of hydrogen-bond acceptors (Lipinski definition) is 4. The Kier molecular flexibility index (Phi) is 5.66. The molecule has 1 aromatic heterocycles. The van der Waals surface area contributed by atoms with Gasteiger partial charge < -0.3 is 10.2 Å². The van der Waals surface area contributed by atoms with Crippen LogP contribution in [0.15, 0.2) is 24.4 Å². The van der Waals surface area contributed by atoms with E-state index >= 15 is 0 Å². The Balaban J connectivity index is 1.67. The quantitative estimate of drug-likeness (QED) is 0.888. The van der Waals surface area contributed by atoms with Crippen LogP contribution in [0.3, 0.4) is 0 Å². The molecule has 5 heteroatoms. The lowest BCUT2D eigenvalue weighted by Crippen LogP contribution is -2.44. The van der Waals surface area contributed by atoms with Gasteiger partial charge in [-0.25, -0.2) is 0 Å². The maximum atomic E-state index is 12.0. The summed E-state index contributed by atoms with van der Waals surface area (Å²) in [7, 11) is 1.99. The third-order valence-corrected chi connectivity index (χ3v) is 4.41. The summed E-state index contributed by atoms with van der Waals surface area (Å²) in [6, 6.07) is 6.46. The number of aromatic nitrogens is 1. The Hall–Kier alpha value is -1.07. The fraction of sp³-hybridized carbons (Fsp3) is 0.571. The number of carbonyl (C=O) groups is 1. The Labute approximate surface area is 119 Å². The topological polar surface area (TPSA) is 45.2 Å². The lowest BCUT2D eigenvalue weighted by molar-refractivity contribution is -0.129. The maximum Gasteiger partial charge on any atom is 0.232 e. The normalized spacial score (nSPS) is 16.6. The molecule has 0 atom stereocenters. The summed E-state index contributed by atoms with van der Waals surface area (Å²) in [5, 5.41) is 3.28. The molecule has 0 bridgehead atoms. The largest absolute Gasteiger partial charge is 0.342 e. The maximum absolute atomic E-state index is 12.0. The van der Waals surface area contributed by atoms with Crippen molar-refractivity contribution < 1.29 is 4.79 Å². The molecule has 0 spiro atoms. The molecule has 2 rings (SSSR count). The van der Waals surface area contributed by atoms with Crippen LogP contribution in [0.5, 0.6) is 0 Å². The fourth-order valence-electron chi connectivity index (χ4n) is 2.24. The lowest BCUT2D eigenvalue weighted by atomic mass is 10.1. The van der Waals surface area contributed by atoms with Crippen LogP contribution < -0.4 is 5.32 Å². The van der Waals surface area contributed by atoms with Crippen LogP contribution in [-0.2, 0) is 10.5 Å². The summed E-state index contributed by atoms with van der Waals surface area (Å²) in [6.45, 7) is 1.77. The molecule has 1 saturated heterocycles. The SMILES string of the molecule is CNC1CCN(C(=O)CSCc2ccccn2)CC1. The standard InChI is InChI=1S/C14H21N3OS/c1-15-12-5-8-17(9-6-12)14(18)11-19-10-13-4-2-3-7-16-13/h2-4,7,12,15H,5-6,8-11H2,1H3. The molecule has 1 amide bonds. The van der Waals surface area contributed by atoms with Crippen molar-refractivity contribution in [1.29, 1.82) is 0 Å². The van der Waals surface area contributed by atoms with Gasteiger partial charge in [0.05, 0.1) is 11.4 Å². The van der Waals surface area contributed by atoms with Crippen LogP contribution in [0.2, 0.25) is 0 Å². The van der Waals surface area contributed by atoms with E-state index in [0.29, 0.717) is 11.8 Å². The van der Waals surface area contributed by atoms with Crippen molar-refractivity contribution in [3.63, 3.8) is 0 Å². The smallest absolute Gasteiger partial charge is 0.232 e. The first kappa shape index (κ1) is 14.3. The number of piperidine rings is 1. The van der Waals surface area contributed by atoms with Crippen molar-refractivity contribution in [2.45, 2.75) is 24.6 Å². The molecule has 0 aliphatic carbocycles. The molecule has 19 heavy (non-hydrogen) atoms. The zero-order chi connectivity index (χ0) is 13.5. The molecule has 1 N–H and O–H groups in total. The van der Waals surface area contributed by atoms with E-state index in [1.54, 1.807) is 18.0 Å². The van der Waals surface area contributed by atoms with E-state index in [1.807, 2.05) is 30.1 Å². The van der Waals surface area contributed by atoms with Crippen LogP contribution >= 0.6 is 11.8 Å². The lowest BCUT2D eigenvalue weighted by Gasteiger charge is -2.31.